The van der Waals surface area contributed by atoms with Gasteiger partial charge in [0, 0.05) is 6.42 Å². The number of hydrogen-bond donors (Lipinski definition) is 0. The molecule has 0 atom stereocenters. The van der Waals surface area contributed by atoms with Crippen LogP contribution in [0.15, 0.2) is 12.2 Å². The second-order valence-corrected chi connectivity index (χ2v) is 3.72. The molecule has 0 aromatic heterocycles. The Balaban J connectivity index is 3.01. The van der Waals surface area contributed by atoms with Gasteiger partial charge in [0.15, 0.2) is 0 Å². The van der Waals surface area contributed by atoms with Crippen molar-refractivity contribution in [1.29, 1.82) is 5.26 Å². The Morgan fingerprint density at radius 1 is 0.929 bits per heavy atom. The van der Waals surface area contributed by atoms with Crippen molar-refractivity contribution in [3.8, 4) is 6.07 Å². The van der Waals surface area contributed by atoms with E-state index in [1.54, 1.807) is 0 Å². The van der Waals surface area contributed by atoms with Gasteiger partial charge in [0.25, 0.3) is 0 Å². The van der Waals surface area contributed by atoms with Gasteiger partial charge in [0.1, 0.15) is 0 Å². The highest BCUT2D eigenvalue weighted by molar-refractivity contribution is 4.81. The van der Waals surface area contributed by atoms with Crippen LogP contribution in [0.25, 0.3) is 0 Å². The third kappa shape index (κ3) is 11.2. The molecule has 0 radical (unpaired) electrons. The van der Waals surface area contributed by atoms with Crippen molar-refractivity contribution in [3.63, 3.8) is 0 Å². The van der Waals surface area contributed by atoms with E-state index >= 15 is 0 Å². The Kier molecular flexibility index (Phi) is 11.6. The molecule has 0 saturated carbocycles. The summed E-state index contributed by atoms with van der Waals surface area (Å²) in [6.07, 6.45) is 15.3. The zero-order valence-electron chi connectivity index (χ0n) is 9.47. The van der Waals surface area contributed by atoms with Crippen molar-refractivity contribution in [2.75, 3.05) is 0 Å². The normalized spacial score (nSPS) is 10.6. The molecule has 0 aromatic rings. The third-order valence-corrected chi connectivity index (χ3v) is 2.30. The molecule has 0 aliphatic carbocycles. The summed E-state index contributed by atoms with van der Waals surface area (Å²) in [6, 6.07) is 2.17. The van der Waals surface area contributed by atoms with Crippen LogP contribution in [0, 0.1) is 11.3 Å². The second-order valence-electron chi connectivity index (χ2n) is 3.72. The van der Waals surface area contributed by atoms with Crippen LogP contribution in [0.3, 0.4) is 0 Å². The summed E-state index contributed by atoms with van der Waals surface area (Å²) < 4.78 is 0. The van der Waals surface area contributed by atoms with Gasteiger partial charge in [-0.25, -0.2) is 0 Å². The quantitative estimate of drug-likeness (QED) is 0.388. The number of rotatable bonds is 9. The van der Waals surface area contributed by atoms with Crippen molar-refractivity contribution in [2.45, 2.75) is 64.7 Å². The van der Waals surface area contributed by atoms with Gasteiger partial charge in [-0.15, -0.1) is 0 Å². The first-order chi connectivity index (χ1) is 6.91. The average molecular weight is 193 g/mol. The minimum atomic E-state index is 0.713. The first kappa shape index (κ1) is 13.2. The second kappa shape index (κ2) is 12.2. The van der Waals surface area contributed by atoms with Crippen molar-refractivity contribution in [2.24, 2.45) is 0 Å². The molecule has 0 saturated heterocycles. The molecule has 0 N–H and O–H groups in total. The van der Waals surface area contributed by atoms with Crippen LogP contribution >= 0.6 is 0 Å². The van der Waals surface area contributed by atoms with Gasteiger partial charge in [-0.3, -0.25) is 0 Å². The molecule has 0 heterocycles. The van der Waals surface area contributed by atoms with Gasteiger partial charge in [-0.05, 0) is 32.1 Å². The smallest absolute Gasteiger partial charge is 0.0621 e. The Hall–Kier alpha value is -0.770. The van der Waals surface area contributed by atoms with Crippen molar-refractivity contribution in [1.82, 2.24) is 0 Å². The van der Waals surface area contributed by atoms with Gasteiger partial charge in [-0.2, -0.15) is 5.26 Å². The summed E-state index contributed by atoms with van der Waals surface area (Å²) in [6.45, 7) is 2.24. The van der Waals surface area contributed by atoms with Crippen molar-refractivity contribution >= 4 is 0 Å². The summed E-state index contributed by atoms with van der Waals surface area (Å²) in [5, 5.41) is 8.32. The van der Waals surface area contributed by atoms with Gasteiger partial charge in [-0.1, -0.05) is 38.3 Å². The lowest BCUT2D eigenvalue weighted by molar-refractivity contribution is 0.673. The molecular formula is C13H23N. The molecule has 14 heavy (non-hydrogen) atoms. The van der Waals surface area contributed by atoms with E-state index in [1.807, 2.05) is 0 Å². The summed E-state index contributed by atoms with van der Waals surface area (Å²) in [5.74, 6) is 0. The highest BCUT2D eigenvalue weighted by Gasteiger charge is 1.85. The topological polar surface area (TPSA) is 23.8 Å². The van der Waals surface area contributed by atoms with E-state index in [-0.39, 0.29) is 0 Å². The van der Waals surface area contributed by atoms with Crippen LogP contribution in [0.4, 0.5) is 0 Å². The molecule has 0 aromatic carbocycles. The Bertz CT molecular complexity index is 165. The van der Waals surface area contributed by atoms with E-state index in [9.17, 15) is 0 Å². The third-order valence-electron chi connectivity index (χ3n) is 2.30. The number of nitriles is 1. The van der Waals surface area contributed by atoms with E-state index in [2.05, 4.69) is 25.1 Å². The number of nitrogens with zero attached hydrogens (tertiary/aromatic N) is 1. The molecule has 0 aliphatic heterocycles. The molecular weight excluding hydrogens is 170 g/mol. The highest BCUT2D eigenvalue weighted by Crippen LogP contribution is 2.04. The zero-order valence-corrected chi connectivity index (χ0v) is 9.47. The number of allylic oxidation sites excluding steroid dienone is 2. The first-order valence-electron chi connectivity index (χ1n) is 5.93. The van der Waals surface area contributed by atoms with Crippen molar-refractivity contribution < 1.29 is 0 Å². The molecule has 1 nitrogen and oxygen atoms in total. The SMILES string of the molecule is CCCCCC/C=C/CCCCC#N. The lowest BCUT2D eigenvalue weighted by Crippen LogP contribution is -1.75. The highest BCUT2D eigenvalue weighted by atomic mass is 14.2. The summed E-state index contributed by atoms with van der Waals surface area (Å²) in [4.78, 5) is 0. The number of hydrogen-bond acceptors (Lipinski definition) is 1. The minimum Gasteiger partial charge on any atom is -0.198 e. The largest absolute Gasteiger partial charge is 0.198 e. The molecule has 1 heteroatoms. The Morgan fingerprint density at radius 2 is 1.57 bits per heavy atom. The summed E-state index contributed by atoms with van der Waals surface area (Å²) >= 11 is 0. The van der Waals surface area contributed by atoms with E-state index < -0.39 is 0 Å². The van der Waals surface area contributed by atoms with Crippen LogP contribution in [0.5, 0.6) is 0 Å². The molecule has 0 rings (SSSR count). The maximum absolute atomic E-state index is 8.32. The van der Waals surface area contributed by atoms with Crippen molar-refractivity contribution in [3.05, 3.63) is 12.2 Å². The maximum Gasteiger partial charge on any atom is 0.0621 e. The Labute approximate surface area is 88.8 Å². The molecule has 0 amide bonds. The molecule has 0 bridgehead atoms. The van der Waals surface area contributed by atoms with E-state index in [4.69, 9.17) is 5.26 Å². The monoisotopic (exact) mass is 193 g/mol. The maximum atomic E-state index is 8.32. The molecule has 80 valence electrons. The fraction of sp³-hybridized carbons (Fsp3) is 0.769. The zero-order chi connectivity index (χ0) is 10.5. The van der Waals surface area contributed by atoms with E-state index in [0.717, 1.165) is 12.8 Å². The first-order valence-corrected chi connectivity index (χ1v) is 5.93. The standard InChI is InChI=1S/C13H23N/c1-2-3-4-5-6-7-8-9-10-11-12-13-14/h7-8H,2-6,9-12H2,1H3/b8-7+. The summed E-state index contributed by atoms with van der Waals surface area (Å²) in [5.41, 5.74) is 0. The average Bonchev–Trinajstić information content (AvgIpc) is 2.21. The lowest BCUT2D eigenvalue weighted by Gasteiger charge is -1.94. The van der Waals surface area contributed by atoms with Crippen LogP contribution in [-0.4, -0.2) is 0 Å². The Morgan fingerprint density at radius 3 is 2.14 bits per heavy atom. The van der Waals surface area contributed by atoms with Gasteiger partial charge >= 0.3 is 0 Å². The van der Waals surface area contributed by atoms with E-state index in [1.165, 1.54) is 38.5 Å². The van der Waals surface area contributed by atoms with Crippen LogP contribution < -0.4 is 0 Å². The minimum absolute atomic E-state index is 0.713. The van der Waals surface area contributed by atoms with Crippen LogP contribution in [-0.2, 0) is 0 Å². The predicted molar refractivity (Wildman–Crippen MR) is 62.0 cm³/mol. The molecule has 0 unspecified atom stereocenters. The number of unbranched alkanes of at least 4 members (excludes halogenated alkanes) is 7. The lowest BCUT2D eigenvalue weighted by atomic mass is 10.1. The fourth-order valence-electron chi connectivity index (χ4n) is 1.39. The fourth-order valence-corrected chi connectivity index (χ4v) is 1.39. The van der Waals surface area contributed by atoms with Crippen LogP contribution in [0.2, 0.25) is 0 Å². The van der Waals surface area contributed by atoms with Gasteiger partial charge in [0.05, 0.1) is 6.07 Å². The van der Waals surface area contributed by atoms with Crippen LogP contribution in [0.1, 0.15) is 64.7 Å². The molecule has 0 fully saturated rings. The summed E-state index contributed by atoms with van der Waals surface area (Å²) in [7, 11) is 0. The van der Waals surface area contributed by atoms with Gasteiger partial charge in [0.2, 0.25) is 0 Å². The molecule has 0 aliphatic rings. The molecule has 0 spiro atoms. The van der Waals surface area contributed by atoms with Gasteiger partial charge < -0.3 is 0 Å². The van der Waals surface area contributed by atoms with E-state index in [0.29, 0.717) is 6.42 Å². The predicted octanol–water partition coefficient (Wildman–Crippen LogP) is 4.60.